The van der Waals surface area contributed by atoms with E-state index in [1.165, 1.54) is 12.1 Å². The van der Waals surface area contributed by atoms with Gasteiger partial charge in [-0.1, -0.05) is 42.5 Å². The Morgan fingerprint density at radius 3 is 2.18 bits per heavy atom. The average Bonchev–Trinajstić information content (AvgIpc) is 2.58. The van der Waals surface area contributed by atoms with Crippen LogP contribution in [-0.4, -0.2) is 11.0 Å². The van der Waals surface area contributed by atoms with E-state index in [1.54, 1.807) is 18.2 Å². The van der Waals surface area contributed by atoms with Crippen molar-refractivity contribution in [1.82, 2.24) is 0 Å². The minimum absolute atomic E-state index is 0.170. The number of amides is 1. The quantitative estimate of drug-likeness (QED) is 0.706. The van der Waals surface area contributed by atoms with Crippen molar-refractivity contribution in [3.8, 4) is 16.9 Å². The number of phenolic OH excluding ortho intramolecular Hbond substituents is 1. The lowest BCUT2D eigenvalue weighted by Crippen LogP contribution is -2.11. The molecule has 0 unspecified atom stereocenters. The fourth-order valence-corrected chi connectivity index (χ4v) is 2.22. The summed E-state index contributed by atoms with van der Waals surface area (Å²) >= 11 is 0. The Labute approximate surface area is 128 Å². The summed E-state index contributed by atoms with van der Waals surface area (Å²) < 4.78 is 0. The standard InChI is InChI=1S/C19H15NO2/c21-18-11-9-17(10-12-18)20-19(22)16-8-4-7-15(13-16)14-5-2-1-3-6-14/h1-13,21H,(H,20,22). The second-order valence-corrected chi connectivity index (χ2v) is 4.95. The predicted molar refractivity (Wildman–Crippen MR) is 87.9 cm³/mol. The van der Waals surface area contributed by atoms with E-state index in [1.807, 2.05) is 48.5 Å². The van der Waals surface area contributed by atoms with Crippen molar-refractivity contribution < 1.29 is 9.90 Å². The lowest BCUT2D eigenvalue weighted by atomic mass is 10.0. The van der Waals surface area contributed by atoms with Gasteiger partial charge in [-0.3, -0.25) is 4.79 Å². The third-order valence-corrected chi connectivity index (χ3v) is 3.36. The van der Waals surface area contributed by atoms with Gasteiger partial charge in [-0.15, -0.1) is 0 Å². The van der Waals surface area contributed by atoms with Crippen molar-refractivity contribution >= 4 is 11.6 Å². The SMILES string of the molecule is O=C(Nc1ccc(O)cc1)c1cccc(-c2ccccc2)c1. The van der Waals surface area contributed by atoms with Gasteiger partial charge in [-0.25, -0.2) is 0 Å². The third-order valence-electron chi connectivity index (χ3n) is 3.36. The van der Waals surface area contributed by atoms with Gasteiger partial charge in [0.2, 0.25) is 0 Å². The minimum atomic E-state index is -0.177. The van der Waals surface area contributed by atoms with Crippen LogP contribution in [0.5, 0.6) is 5.75 Å². The lowest BCUT2D eigenvalue weighted by molar-refractivity contribution is 0.102. The molecule has 0 aliphatic carbocycles. The number of anilines is 1. The lowest BCUT2D eigenvalue weighted by Gasteiger charge is -2.07. The number of carbonyl (C=O) groups excluding carboxylic acids is 1. The van der Waals surface area contributed by atoms with E-state index in [0.29, 0.717) is 11.3 Å². The fraction of sp³-hybridized carbons (Fsp3) is 0. The first-order chi connectivity index (χ1) is 10.7. The van der Waals surface area contributed by atoms with Crippen LogP contribution in [0.4, 0.5) is 5.69 Å². The third kappa shape index (κ3) is 3.15. The molecule has 0 saturated heterocycles. The molecule has 0 radical (unpaired) electrons. The Kier molecular flexibility index (Phi) is 3.88. The largest absolute Gasteiger partial charge is 0.508 e. The molecule has 1 amide bonds. The first kappa shape index (κ1) is 13.9. The average molecular weight is 289 g/mol. The molecule has 3 aromatic rings. The Morgan fingerprint density at radius 1 is 0.773 bits per heavy atom. The molecule has 22 heavy (non-hydrogen) atoms. The Balaban J connectivity index is 1.82. The van der Waals surface area contributed by atoms with Gasteiger partial charge in [0.1, 0.15) is 5.75 Å². The highest BCUT2D eigenvalue weighted by Crippen LogP contribution is 2.21. The molecule has 0 aromatic heterocycles. The maximum absolute atomic E-state index is 12.3. The number of hydrogen-bond donors (Lipinski definition) is 2. The molecule has 0 fully saturated rings. The van der Waals surface area contributed by atoms with Crippen LogP contribution in [0.1, 0.15) is 10.4 Å². The van der Waals surface area contributed by atoms with Crippen LogP contribution in [0.15, 0.2) is 78.9 Å². The van der Waals surface area contributed by atoms with Crippen LogP contribution >= 0.6 is 0 Å². The number of nitrogens with one attached hydrogen (secondary N) is 1. The summed E-state index contributed by atoms with van der Waals surface area (Å²) in [5.41, 5.74) is 3.31. The van der Waals surface area contributed by atoms with E-state index in [0.717, 1.165) is 11.1 Å². The number of rotatable bonds is 3. The number of phenols is 1. The van der Waals surface area contributed by atoms with Gasteiger partial charge in [0, 0.05) is 11.3 Å². The Bertz CT molecular complexity index is 780. The van der Waals surface area contributed by atoms with E-state index < -0.39 is 0 Å². The van der Waals surface area contributed by atoms with Crippen molar-refractivity contribution in [3.63, 3.8) is 0 Å². The zero-order valence-corrected chi connectivity index (χ0v) is 11.9. The van der Waals surface area contributed by atoms with Crippen LogP contribution in [0.25, 0.3) is 11.1 Å². The Morgan fingerprint density at radius 2 is 1.45 bits per heavy atom. The zero-order valence-electron chi connectivity index (χ0n) is 11.9. The van der Waals surface area contributed by atoms with Gasteiger partial charge in [-0.05, 0) is 47.5 Å². The van der Waals surface area contributed by atoms with Crippen molar-refractivity contribution in [2.45, 2.75) is 0 Å². The summed E-state index contributed by atoms with van der Waals surface area (Å²) in [4.78, 5) is 12.3. The second-order valence-electron chi connectivity index (χ2n) is 4.95. The molecule has 0 spiro atoms. The maximum atomic E-state index is 12.3. The smallest absolute Gasteiger partial charge is 0.255 e. The molecule has 3 rings (SSSR count). The minimum Gasteiger partial charge on any atom is -0.508 e. The highest BCUT2D eigenvalue weighted by atomic mass is 16.3. The van der Waals surface area contributed by atoms with Crippen LogP contribution < -0.4 is 5.32 Å². The Hall–Kier alpha value is -3.07. The van der Waals surface area contributed by atoms with Crippen molar-refractivity contribution in [2.75, 3.05) is 5.32 Å². The molecule has 3 nitrogen and oxygen atoms in total. The first-order valence-electron chi connectivity index (χ1n) is 6.98. The van der Waals surface area contributed by atoms with Gasteiger partial charge in [0.15, 0.2) is 0 Å². The fourth-order valence-electron chi connectivity index (χ4n) is 2.22. The highest BCUT2D eigenvalue weighted by Gasteiger charge is 2.07. The highest BCUT2D eigenvalue weighted by molar-refractivity contribution is 6.05. The van der Waals surface area contributed by atoms with Gasteiger partial charge in [0.05, 0.1) is 0 Å². The van der Waals surface area contributed by atoms with Crippen molar-refractivity contribution in [3.05, 3.63) is 84.4 Å². The number of aromatic hydroxyl groups is 1. The van der Waals surface area contributed by atoms with Crippen molar-refractivity contribution in [1.29, 1.82) is 0 Å². The van der Waals surface area contributed by atoms with Gasteiger partial charge in [-0.2, -0.15) is 0 Å². The monoisotopic (exact) mass is 289 g/mol. The molecule has 0 saturated carbocycles. The summed E-state index contributed by atoms with van der Waals surface area (Å²) in [7, 11) is 0. The van der Waals surface area contributed by atoms with E-state index >= 15 is 0 Å². The molecule has 3 aromatic carbocycles. The summed E-state index contributed by atoms with van der Waals surface area (Å²) in [5, 5.41) is 12.1. The molecule has 2 N–H and O–H groups in total. The maximum Gasteiger partial charge on any atom is 0.255 e. The van der Waals surface area contributed by atoms with E-state index in [2.05, 4.69) is 5.32 Å². The van der Waals surface area contributed by atoms with E-state index in [9.17, 15) is 9.90 Å². The summed E-state index contributed by atoms with van der Waals surface area (Å²) in [5.74, 6) is -0.00690. The van der Waals surface area contributed by atoms with Crippen LogP contribution in [0.3, 0.4) is 0 Å². The normalized spacial score (nSPS) is 10.2. The molecule has 0 bridgehead atoms. The van der Waals surface area contributed by atoms with E-state index in [4.69, 9.17) is 0 Å². The molecule has 0 aliphatic rings. The van der Waals surface area contributed by atoms with E-state index in [-0.39, 0.29) is 11.7 Å². The molecule has 0 atom stereocenters. The second kappa shape index (κ2) is 6.14. The van der Waals surface area contributed by atoms with Gasteiger partial charge >= 0.3 is 0 Å². The zero-order chi connectivity index (χ0) is 15.4. The number of hydrogen-bond acceptors (Lipinski definition) is 2. The topological polar surface area (TPSA) is 49.3 Å². The summed E-state index contributed by atoms with van der Waals surface area (Å²) in [6.45, 7) is 0. The molecular weight excluding hydrogens is 274 g/mol. The predicted octanol–water partition coefficient (Wildman–Crippen LogP) is 4.31. The van der Waals surface area contributed by atoms with Crippen LogP contribution in [-0.2, 0) is 0 Å². The number of benzene rings is 3. The summed E-state index contributed by atoms with van der Waals surface area (Å²) in [6, 6.07) is 23.8. The summed E-state index contributed by atoms with van der Waals surface area (Å²) in [6.07, 6.45) is 0. The molecule has 0 aliphatic heterocycles. The molecular formula is C19H15NO2. The molecule has 3 heteroatoms. The van der Waals surface area contributed by atoms with Crippen LogP contribution in [0, 0.1) is 0 Å². The number of carbonyl (C=O) groups is 1. The molecule has 108 valence electrons. The van der Waals surface area contributed by atoms with Crippen molar-refractivity contribution in [2.24, 2.45) is 0 Å². The van der Waals surface area contributed by atoms with Gasteiger partial charge in [0.25, 0.3) is 5.91 Å². The van der Waals surface area contributed by atoms with Gasteiger partial charge < -0.3 is 10.4 Å². The molecule has 0 heterocycles. The van der Waals surface area contributed by atoms with Crippen LogP contribution in [0.2, 0.25) is 0 Å². The first-order valence-corrected chi connectivity index (χ1v) is 6.98.